The lowest BCUT2D eigenvalue weighted by Crippen LogP contribution is -2.20. The zero-order chi connectivity index (χ0) is 11.8. The van der Waals surface area contributed by atoms with E-state index in [2.05, 4.69) is 22.6 Å². The first-order valence-electron chi connectivity index (χ1n) is 5.68. The molecule has 3 N–H and O–H groups in total. The Hall–Kier alpha value is -1.62. The number of nitrogens with zero attached hydrogens (tertiary/aromatic N) is 2. The number of hydrogen-bond acceptors (Lipinski definition) is 3. The van der Waals surface area contributed by atoms with Crippen LogP contribution >= 0.6 is 11.3 Å². The zero-order valence-corrected chi connectivity index (χ0v) is 10.2. The van der Waals surface area contributed by atoms with E-state index in [-0.39, 0.29) is 5.84 Å². The van der Waals surface area contributed by atoms with Crippen molar-refractivity contribution in [1.29, 1.82) is 5.41 Å². The summed E-state index contributed by atoms with van der Waals surface area (Å²) in [5.74, 6) is 0.781. The maximum Gasteiger partial charge on any atom is 0.113 e. The lowest BCUT2D eigenvalue weighted by Gasteiger charge is -2.03. The number of nitrogens with one attached hydrogen (secondary N) is 1. The van der Waals surface area contributed by atoms with Gasteiger partial charge in [-0.25, -0.2) is 0 Å². The number of nitrogens with two attached hydrogens (primary N) is 1. The van der Waals surface area contributed by atoms with E-state index in [4.69, 9.17) is 11.1 Å². The summed E-state index contributed by atoms with van der Waals surface area (Å²) in [4.78, 5) is 1.18. The highest BCUT2D eigenvalue weighted by atomic mass is 32.1. The molecule has 0 amide bonds. The molecule has 0 radical (unpaired) electrons. The van der Waals surface area contributed by atoms with E-state index < -0.39 is 0 Å². The van der Waals surface area contributed by atoms with Crippen molar-refractivity contribution >= 4 is 17.2 Å². The van der Waals surface area contributed by atoms with Crippen LogP contribution in [-0.2, 0) is 6.54 Å². The Morgan fingerprint density at radius 3 is 3.00 bits per heavy atom. The lowest BCUT2D eigenvalue weighted by atomic mass is 10.2. The van der Waals surface area contributed by atoms with E-state index in [0.717, 1.165) is 5.69 Å². The summed E-state index contributed by atoms with van der Waals surface area (Å²) >= 11 is 1.69. The molecule has 2 heterocycles. The third kappa shape index (κ3) is 2.10. The molecule has 88 valence electrons. The fraction of sp³-hybridized carbons (Fsp3) is 0.333. The Morgan fingerprint density at radius 1 is 1.59 bits per heavy atom. The van der Waals surface area contributed by atoms with Crippen molar-refractivity contribution in [1.82, 2.24) is 9.78 Å². The Morgan fingerprint density at radius 2 is 2.41 bits per heavy atom. The predicted octanol–water partition coefficient (Wildman–Crippen LogP) is 2.42. The minimum atomic E-state index is 0.160. The number of aromatic nitrogens is 2. The summed E-state index contributed by atoms with van der Waals surface area (Å²) in [6.07, 6.45) is 2.46. The topological polar surface area (TPSA) is 67.7 Å². The van der Waals surface area contributed by atoms with Gasteiger partial charge in [0.2, 0.25) is 0 Å². The van der Waals surface area contributed by atoms with E-state index in [1.54, 1.807) is 11.3 Å². The summed E-state index contributed by atoms with van der Waals surface area (Å²) in [6.45, 7) is 0.400. The minimum absolute atomic E-state index is 0.160. The summed E-state index contributed by atoms with van der Waals surface area (Å²) < 4.78 is 1.88. The Bertz CT molecular complexity index is 537. The van der Waals surface area contributed by atoms with Crippen LogP contribution in [0.1, 0.15) is 24.5 Å². The molecule has 1 aliphatic carbocycles. The SMILES string of the molecule is N=C(N)Cn1nc(-c2cccs2)cc1C1CC1. The smallest absolute Gasteiger partial charge is 0.113 e. The van der Waals surface area contributed by atoms with E-state index in [1.807, 2.05) is 10.7 Å². The highest BCUT2D eigenvalue weighted by Crippen LogP contribution is 2.41. The largest absolute Gasteiger partial charge is 0.386 e. The van der Waals surface area contributed by atoms with E-state index in [0.29, 0.717) is 12.5 Å². The van der Waals surface area contributed by atoms with Crippen molar-refractivity contribution in [3.8, 4) is 10.6 Å². The van der Waals surface area contributed by atoms with Crippen molar-refractivity contribution in [2.75, 3.05) is 0 Å². The number of hydrogen-bond donors (Lipinski definition) is 2. The first-order chi connectivity index (χ1) is 8.24. The number of rotatable bonds is 4. The first kappa shape index (κ1) is 10.5. The second-order valence-electron chi connectivity index (χ2n) is 4.39. The van der Waals surface area contributed by atoms with Gasteiger partial charge in [0.1, 0.15) is 11.5 Å². The highest BCUT2D eigenvalue weighted by Gasteiger charge is 2.28. The average Bonchev–Trinajstić information content (AvgIpc) is 2.83. The molecule has 17 heavy (non-hydrogen) atoms. The molecule has 1 saturated carbocycles. The fourth-order valence-electron chi connectivity index (χ4n) is 1.97. The molecular weight excluding hydrogens is 232 g/mol. The zero-order valence-electron chi connectivity index (χ0n) is 9.39. The van der Waals surface area contributed by atoms with Gasteiger partial charge in [0, 0.05) is 11.6 Å². The molecule has 0 spiro atoms. The number of thiophene rings is 1. The van der Waals surface area contributed by atoms with Crippen LogP contribution in [0.4, 0.5) is 0 Å². The third-order valence-corrected chi connectivity index (χ3v) is 3.79. The van der Waals surface area contributed by atoms with Gasteiger partial charge in [-0.2, -0.15) is 5.10 Å². The van der Waals surface area contributed by atoms with Gasteiger partial charge in [0.15, 0.2) is 0 Å². The maximum atomic E-state index is 7.39. The molecule has 1 fully saturated rings. The quantitative estimate of drug-likeness (QED) is 0.642. The van der Waals surface area contributed by atoms with Crippen molar-refractivity contribution in [3.63, 3.8) is 0 Å². The molecule has 3 rings (SSSR count). The van der Waals surface area contributed by atoms with Crippen LogP contribution in [0.5, 0.6) is 0 Å². The number of amidine groups is 1. The second kappa shape index (κ2) is 4.00. The molecule has 0 atom stereocenters. The molecule has 2 aromatic rings. The third-order valence-electron chi connectivity index (χ3n) is 2.90. The lowest BCUT2D eigenvalue weighted by molar-refractivity contribution is 0.675. The molecule has 0 aliphatic heterocycles. The van der Waals surface area contributed by atoms with Crippen LogP contribution in [0.15, 0.2) is 23.6 Å². The summed E-state index contributed by atoms with van der Waals surface area (Å²) in [5, 5.41) is 14.0. The normalized spacial score (nSPS) is 15.1. The summed E-state index contributed by atoms with van der Waals surface area (Å²) in [5.41, 5.74) is 7.70. The first-order valence-corrected chi connectivity index (χ1v) is 6.56. The standard InChI is InChI=1S/C12H14N4S/c13-12(14)7-16-10(8-3-4-8)6-9(15-16)11-2-1-5-17-11/h1-2,5-6,8H,3-4,7H2,(H3,13,14). The fourth-order valence-corrected chi connectivity index (χ4v) is 2.65. The molecular formula is C12H14N4S. The van der Waals surface area contributed by atoms with Gasteiger partial charge in [-0.1, -0.05) is 6.07 Å². The van der Waals surface area contributed by atoms with Crippen molar-refractivity contribution < 1.29 is 0 Å². The van der Waals surface area contributed by atoms with Gasteiger partial charge in [-0.05, 0) is 30.4 Å². The summed E-state index contributed by atoms with van der Waals surface area (Å²) in [7, 11) is 0. The van der Waals surface area contributed by atoms with E-state index >= 15 is 0 Å². The molecule has 0 bridgehead atoms. The summed E-state index contributed by atoms with van der Waals surface area (Å²) in [6, 6.07) is 6.25. The Labute approximate surface area is 104 Å². The van der Waals surface area contributed by atoms with Crippen LogP contribution in [0, 0.1) is 5.41 Å². The van der Waals surface area contributed by atoms with Crippen LogP contribution in [0.3, 0.4) is 0 Å². The van der Waals surface area contributed by atoms with Crippen molar-refractivity contribution in [2.24, 2.45) is 5.73 Å². The van der Waals surface area contributed by atoms with Gasteiger partial charge >= 0.3 is 0 Å². The molecule has 5 heteroatoms. The highest BCUT2D eigenvalue weighted by molar-refractivity contribution is 7.13. The molecule has 0 aromatic carbocycles. The molecule has 4 nitrogen and oxygen atoms in total. The molecule has 0 saturated heterocycles. The molecule has 0 unspecified atom stereocenters. The molecule has 1 aliphatic rings. The van der Waals surface area contributed by atoms with Crippen molar-refractivity contribution in [3.05, 3.63) is 29.3 Å². The monoisotopic (exact) mass is 246 g/mol. The van der Waals surface area contributed by atoms with Crippen LogP contribution in [0.25, 0.3) is 10.6 Å². The van der Waals surface area contributed by atoms with Gasteiger partial charge in [-0.3, -0.25) is 10.1 Å². The Balaban J connectivity index is 1.98. The second-order valence-corrected chi connectivity index (χ2v) is 5.34. The predicted molar refractivity (Wildman–Crippen MR) is 69.4 cm³/mol. The maximum absolute atomic E-state index is 7.39. The average molecular weight is 246 g/mol. The van der Waals surface area contributed by atoms with Gasteiger partial charge < -0.3 is 5.73 Å². The van der Waals surface area contributed by atoms with Gasteiger partial charge in [0.25, 0.3) is 0 Å². The van der Waals surface area contributed by atoms with Crippen LogP contribution < -0.4 is 5.73 Å². The van der Waals surface area contributed by atoms with Crippen LogP contribution in [0.2, 0.25) is 0 Å². The van der Waals surface area contributed by atoms with E-state index in [9.17, 15) is 0 Å². The van der Waals surface area contributed by atoms with E-state index in [1.165, 1.54) is 23.4 Å². The van der Waals surface area contributed by atoms with Crippen LogP contribution in [-0.4, -0.2) is 15.6 Å². The van der Waals surface area contributed by atoms with Gasteiger partial charge in [0.05, 0.1) is 11.4 Å². The van der Waals surface area contributed by atoms with Gasteiger partial charge in [-0.15, -0.1) is 11.3 Å². The molecule has 2 aromatic heterocycles. The minimum Gasteiger partial charge on any atom is -0.386 e. The Kier molecular flexibility index (Phi) is 2.48. The van der Waals surface area contributed by atoms with Crippen molar-refractivity contribution in [2.45, 2.75) is 25.3 Å².